The molecule has 5 nitrogen and oxygen atoms in total. The summed E-state index contributed by atoms with van der Waals surface area (Å²) in [6, 6.07) is 0. The normalized spacial score (nSPS) is 30.9. The molecule has 5 aliphatic rings. The zero-order chi connectivity index (χ0) is 43.0. The predicted octanol–water partition coefficient (Wildman–Crippen LogP) is 12.1. The number of rotatable bonds is 5. The highest BCUT2D eigenvalue weighted by atomic mass is 15.1. The van der Waals surface area contributed by atoms with Gasteiger partial charge in [-0.05, 0) is 273 Å². The molecule has 0 bridgehead atoms. The van der Waals surface area contributed by atoms with Gasteiger partial charge in [-0.3, -0.25) is 0 Å². The molecule has 1 aromatic rings. The fourth-order valence-corrected chi connectivity index (χ4v) is 16.0. The monoisotopic (exact) mass is 788 g/mol. The summed E-state index contributed by atoms with van der Waals surface area (Å²) in [7, 11) is 0. The summed E-state index contributed by atoms with van der Waals surface area (Å²) in [4.78, 5) is 0. The topological polar surface area (TPSA) is 60.1 Å². The lowest BCUT2D eigenvalue weighted by Crippen LogP contribution is -2.59. The van der Waals surface area contributed by atoms with E-state index in [9.17, 15) is 0 Å². The molecule has 0 atom stereocenters. The van der Waals surface area contributed by atoms with Crippen LogP contribution in [0.15, 0.2) is 0 Å². The van der Waals surface area contributed by atoms with Gasteiger partial charge in [-0.15, -0.1) is 0 Å². The Labute approximate surface area is 353 Å². The van der Waals surface area contributed by atoms with Gasteiger partial charge in [0.25, 0.3) is 0 Å². The lowest BCUT2D eigenvalue weighted by atomic mass is 9.58. The molecule has 57 heavy (non-hydrogen) atoms. The molecule has 5 N–H and O–H groups in total. The Balaban J connectivity index is 1.82. The van der Waals surface area contributed by atoms with Gasteiger partial charge in [0.05, 0.1) is 0 Å². The van der Waals surface area contributed by atoms with Crippen LogP contribution in [-0.4, -0.2) is 55.4 Å². The van der Waals surface area contributed by atoms with Crippen molar-refractivity contribution < 1.29 is 0 Å². The van der Waals surface area contributed by atoms with Crippen LogP contribution in [0.2, 0.25) is 0 Å². The molecule has 0 amide bonds. The Bertz CT molecular complexity index is 1500. The van der Waals surface area contributed by atoms with E-state index < -0.39 is 0 Å². The van der Waals surface area contributed by atoms with Crippen molar-refractivity contribution in [2.24, 2.45) is 0 Å². The third kappa shape index (κ3) is 10.2. The minimum absolute atomic E-state index is 0.0446. The summed E-state index contributed by atoms with van der Waals surface area (Å²) in [6.45, 7) is 52.5. The van der Waals surface area contributed by atoms with Gasteiger partial charge in [0.15, 0.2) is 0 Å². The first-order chi connectivity index (χ1) is 25.4. The maximum absolute atomic E-state index is 4.16. The smallest absolute Gasteiger partial charge is 0.0135 e. The molecular formula is C52H93N5. The number of nitrogens with one attached hydrogen (secondary N) is 5. The van der Waals surface area contributed by atoms with Gasteiger partial charge in [0.1, 0.15) is 0 Å². The average Bonchev–Trinajstić information content (AvgIpc) is 2.87. The second-order valence-electron chi connectivity index (χ2n) is 27.7. The largest absolute Gasteiger partial charge is 0.307 e. The van der Waals surface area contributed by atoms with Gasteiger partial charge in [0, 0.05) is 55.4 Å². The Morgan fingerprint density at radius 3 is 0.526 bits per heavy atom. The summed E-state index contributed by atoms with van der Waals surface area (Å²) in [6.07, 6.45) is 11.8. The number of benzene rings is 1. The molecular weight excluding hydrogens is 695 g/mol. The Kier molecular flexibility index (Phi) is 11.2. The first-order valence-corrected chi connectivity index (χ1v) is 23.6. The number of hydrogen-bond donors (Lipinski definition) is 5. The second kappa shape index (κ2) is 14.0. The van der Waals surface area contributed by atoms with E-state index in [-0.39, 0.29) is 55.4 Å². The quantitative estimate of drug-likeness (QED) is 0.206. The average molecular weight is 788 g/mol. The van der Waals surface area contributed by atoms with Crippen LogP contribution in [0, 0.1) is 6.92 Å². The summed E-state index contributed by atoms with van der Waals surface area (Å²) in [5, 5.41) is 20.7. The first kappa shape index (κ1) is 45.5. The van der Waals surface area contributed by atoms with Crippen molar-refractivity contribution >= 4 is 0 Å². The van der Waals surface area contributed by atoms with Crippen molar-refractivity contribution in [3.63, 3.8) is 0 Å². The predicted molar refractivity (Wildman–Crippen MR) is 248 cm³/mol. The minimum atomic E-state index is 0.0446. The second-order valence-corrected chi connectivity index (χ2v) is 27.7. The van der Waals surface area contributed by atoms with Crippen LogP contribution in [0.3, 0.4) is 0 Å². The number of hydrogen-bond acceptors (Lipinski definition) is 5. The Morgan fingerprint density at radius 2 is 0.368 bits per heavy atom. The van der Waals surface area contributed by atoms with E-state index in [2.05, 4.69) is 172 Å². The van der Waals surface area contributed by atoms with Crippen LogP contribution in [0.4, 0.5) is 0 Å². The van der Waals surface area contributed by atoms with Crippen molar-refractivity contribution in [2.75, 3.05) is 0 Å². The van der Waals surface area contributed by atoms with Crippen LogP contribution in [0.1, 0.15) is 266 Å². The highest BCUT2D eigenvalue weighted by molar-refractivity contribution is 5.60. The SMILES string of the molecule is Cc1c(C2CC(C)(C)NC(C)(C)C2)c(C2CC(C)(C)NC(C)(C)C2)c(C2CC(C)(C)NC(C)(C)C2)c(C2CC(C)(C)NC(C)(C)C2)c1C1CC(C)(C)NC(C)(C)C1. The van der Waals surface area contributed by atoms with Crippen molar-refractivity contribution in [3.05, 3.63) is 33.4 Å². The van der Waals surface area contributed by atoms with E-state index in [1.54, 1.807) is 16.7 Å². The van der Waals surface area contributed by atoms with Gasteiger partial charge in [-0.1, -0.05) is 0 Å². The molecule has 0 radical (unpaired) electrons. The first-order valence-electron chi connectivity index (χ1n) is 23.6. The molecule has 326 valence electrons. The molecule has 5 heteroatoms. The van der Waals surface area contributed by atoms with E-state index in [0.29, 0.717) is 29.6 Å². The minimum Gasteiger partial charge on any atom is -0.307 e. The van der Waals surface area contributed by atoms with Crippen LogP contribution in [0.25, 0.3) is 0 Å². The van der Waals surface area contributed by atoms with E-state index in [1.807, 2.05) is 16.7 Å². The van der Waals surface area contributed by atoms with Gasteiger partial charge in [0.2, 0.25) is 0 Å². The zero-order valence-corrected chi connectivity index (χ0v) is 41.5. The van der Waals surface area contributed by atoms with Crippen molar-refractivity contribution in [2.45, 2.75) is 295 Å². The van der Waals surface area contributed by atoms with Crippen LogP contribution in [0.5, 0.6) is 0 Å². The van der Waals surface area contributed by atoms with Crippen LogP contribution in [-0.2, 0) is 0 Å². The fraction of sp³-hybridized carbons (Fsp3) is 0.885. The van der Waals surface area contributed by atoms with E-state index in [4.69, 9.17) is 0 Å². The fourth-order valence-electron chi connectivity index (χ4n) is 16.0. The third-order valence-corrected chi connectivity index (χ3v) is 15.0. The van der Waals surface area contributed by atoms with Crippen molar-refractivity contribution in [1.29, 1.82) is 0 Å². The molecule has 5 saturated heterocycles. The molecule has 5 heterocycles. The molecule has 6 rings (SSSR count). The maximum atomic E-state index is 4.16. The van der Waals surface area contributed by atoms with Crippen LogP contribution >= 0.6 is 0 Å². The lowest BCUT2D eigenvalue weighted by Gasteiger charge is -2.54. The molecule has 0 unspecified atom stereocenters. The summed E-state index contributed by atoms with van der Waals surface area (Å²) in [5.74, 6) is 2.50. The van der Waals surface area contributed by atoms with Crippen molar-refractivity contribution in [3.8, 4) is 0 Å². The maximum Gasteiger partial charge on any atom is 0.0135 e. The Hall–Kier alpha value is -0.980. The highest BCUT2D eigenvalue weighted by Crippen LogP contribution is 2.58. The van der Waals surface area contributed by atoms with E-state index in [0.717, 1.165) is 0 Å². The van der Waals surface area contributed by atoms with Gasteiger partial charge in [-0.25, -0.2) is 0 Å². The number of piperidine rings is 5. The summed E-state index contributed by atoms with van der Waals surface area (Å²) in [5.41, 5.74) is 11.2. The molecule has 1 aromatic carbocycles. The standard InChI is InChI=1S/C52H93N5/c1-32-38(33-22-43(2,3)53-44(4,5)23-33)40(35-26-47(10,11)55-48(12,13)27-35)42(37-30-51(18,19)57-52(20,21)31-37)41(36-28-49(14,15)56-50(16,17)29-36)39(32)34-24-45(6,7)54-46(8,9)25-34/h33-37,53-57H,22-31H2,1-21H3. The Morgan fingerprint density at radius 1 is 0.246 bits per heavy atom. The zero-order valence-electron chi connectivity index (χ0n) is 41.5. The van der Waals surface area contributed by atoms with Crippen LogP contribution < -0.4 is 26.6 Å². The molecule has 0 spiro atoms. The van der Waals surface area contributed by atoms with Crippen molar-refractivity contribution in [1.82, 2.24) is 26.6 Å². The molecule has 5 aliphatic heterocycles. The summed E-state index contributed by atoms with van der Waals surface area (Å²) < 4.78 is 0. The van der Waals surface area contributed by atoms with E-state index in [1.165, 1.54) is 64.2 Å². The van der Waals surface area contributed by atoms with Gasteiger partial charge in [-0.2, -0.15) is 0 Å². The third-order valence-electron chi connectivity index (χ3n) is 15.0. The van der Waals surface area contributed by atoms with E-state index >= 15 is 0 Å². The highest BCUT2D eigenvalue weighted by Gasteiger charge is 2.51. The summed E-state index contributed by atoms with van der Waals surface area (Å²) >= 11 is 0. The molecule has 5 fully saturated rings. The molecule has 0 aromatic heterocycles. The molecule has 0 aliphatic carbocycles. The van der Waals surface area contributed by atoms with Gasteiger partial charge < -0.3 is 26.6 Å². The molecule has 0 saturated carbocycles. The van der Waals surface area contributed by atoms with Gasteiger partial charge >= 0.3 is 0 Å². The lowest BCUT2D eigenvalue weighted by molar-refractivity contribution is 0.141.